The second kappa shape index (κ2) is 4.65. The van der Waals surface area contributed by atoms with E-state index < -0.39 is 5.60 Å². The maximum Gasteiger partial charge on any atom is 0.164 e. The Labute approximate surface area is 145 Å². The van der Waals surface area contributed by atoms with E-state index in [4.69, 9.17) is 4.74 Å². The minimum atomic E-state index is -0.427. The van der Waals surface area contributed by atoms with Crippen molar-refractivity contribution in [3.05, 3.63) is 0 Å². The fourth-order valence-electron chi connectivity index (χ4n) is 8.30. The Morgan fingerprint density at radius 1 is 1.04 bits per heavy atom. The summed E-state index contributed by atoms with van der Waals surface area (Å²) in [6, 6.07) is 0. The van der Waals surface area contributed by atoms with Crippen LogP contribution in [0.25, 0.3) is 0 Å². The molecule has 5 aliphatic rings. The Bertz CT molecular complexity index is 588. The van der Waals surface area contributed by atoms with Crippen molar-refractivity contribution in [1.29, 1.82) is 0 Å². The number of aliphatic hydroxyl groups excluding tert-OH is 1. The predicted molar refractivity (Wildman–Crippen MR) is 91.4 cm³/mol. The summed E-state index contributed by atoms with van der Waals surface area (Å²) >= 11 is 0. The highest BCUT2D eigenvalue weighted by Crippen LogP contribution is 2.73. The highest BCUT2D eigenvalue weighted by molar-refractivity contribution is 5.90. The zero-order chi connectivity index (χ0) is 16.9. The molecule has 134 valence electrons. The first-order valence-electron chi connectivity index (χ1n) is 10.2. The smallest absolute Gasteiger partial charge is 0.164 e. The molecule has 0 amide bonds. The maximum absolute atomic E-state index is 12.4. The summed E-state index contributed by atoms with van der Waals surface area (Å²) in [5, 5.41) is 10.1. The molecule has 3 nitrogen and oxygen atoms in total. The van der Waals surface area contributed by atoms with E-state index >= 15 is 0 Å². The van der Waals surface area contributed by atoms with Gasteiger partial charge in [-0.05, 0) is 87.4 Å². The van der Waals surface area contributed by atoms with Crippen LogP contribution in [-0.4, -0.2) is 28.7 Å². The Hall–Kier alpha value is -0.410. The summed E-state index contributed by atoms with van der Waals surface area (Å²) in [5.41, 5.74) is 0.0612. The molecule has 3 heteroatoms. The van der Waals surface area contributed by atoms with E-state index in [-0.39, 0.29) is 23.4 Å². The molecule has 24 heavy (non-hydrogen) atoms. The minimum absolute atomic E-state index is 0.0676. The number of carbonyl (C=O) groups is 1. The van der Waals surface area contributed by atoms with Gasteiger partial charge in [0.05, 0.1) is 12.2 Å². The van der Waals surface area contributed by atoms with Gasteiger partial charge in [-0.15, -0.1) is 0 Å². The van der Waals surface area contributed by atoms with E-state index in [1.807, 2.05) is 0 Å². The zero-order valence-corrected chi connectivity index (χ0v) is 15.4. The summed E-state index contributed by atoms with van der Waals surface area (Å²) in [7, 11) is 0. The Balaban J connectivity index is 1.47. The number of ketones is 1. The minimum Gasteiger partial charge on any atom is -0.393 e. The van der Waals surface area contributed by atoms with Gasteiger partial charge in [0.25, 0.3) is 0 Å². The van der Waals surface area contributed by atoms with Gasteiger partial charge >= 0.3 is 0 Å². The maximum atomic E-state index is 12.4. The van der Waals surface area contributed by atoms with Crippen molar-refractivity contribution in [1.82, 2.24) is 0 Å². The van der Waals surface area contributed by atoms with Gasteiger partial charge in [-0.25, -0.2) is 0 Å². The van der Waals surface area contributed by atoms with Crippen molar-refractivity contribution in [2.45, 2.75) is 89.9 Å². The average molecular weight is 332 g/mol. The molecule has 0 aromatic heterocycles. The van der Waals surface area contributed by atoms with Gasteiger partial charge in [0, 0.05) is 5.41 Å². The van der Waals surface area contributed by atoms with Crippen LogP contribution in [-0.2, 0) is 9.53 Å². The molecule has 0 bridgehead atoms. The number of hydrogen-bond acceptors (Lipinski definition) is 3. The van der Waals surface area contributed by atoms with Gasteiger partial charge in [-0.2, -0.15) is 0 Å². The van der Waals surface area contributed by atoms with Crippen LogP contribution in [0, 0.1) is 34.5 Å². The van der Waals surface area contributed by atoms with Gasteiger partial charge in [-0.1, -0.05) is 13.8 Å². The number of aliphatic hydroxyl groups is 1. The third-order valence-electron chi connectivity index (χ3n) is 9.59. The standard InChI is InChI=1S/C21H32O3/c1-12(22)21-18(24-21)11-17-15-5-4-13-10-14(23)6-8-19(13,2)16(15)7-9-20(17,21)3/h13-18,23H,4-11H2,1-3H3/t13-,14-,15+,16-,17-,18+,19-,20-,21-/m0/s1. The molecule has 0 unspecified atom stereocenters. The SMILES string of the molecule is CC(=O)[C@]12O[C@@H]1C[C@H]1[C@@H]3CC[C@H]4C[C@@H](O)CC[C@]4(C)[C@H]3CC[C@@]12C. The van der Waals surface area contributed by atoms with Gasteiger partial charge in [0.2, 0.25) is 0 Å². The summed E-state index contributed by atoms with van der Waals surface area (Å²) in [6.07, 6.45) is 9.45. The van der Waals surface area contributed by atoms with Crippen LogP contribution < -0.4 is 0 Å². The third-order valence-corrected chi connectivity index (χ3v) is 9.59. The highest BCUT2D eigenvalue weighted by Gasteiger charge is 2.79. The van der Waals surface area contributed by atoms with E-state index in [1.165, 1.54) is 25.7 Å². The van der Waals surface area contributed by atoms with Crippen LogP contribution in [0.15, 0.2) is 0 Å². The second-order valence-electron chi connectivity index (χ2n) is 10.2. The number of carbonyl (C=O) groups excluding carboxylic acids is 1. The van der Waals surface area contributed by atoms with Crippen LogP contribution in [0.3, 0.4) is 0 Å². The van der Waals surface area contributed by atoms with Crippen LogP contribution in [0.2, 0.25) is 0 Å². The molecule has 1 saturated heterocycles. The molecule has 0 radical (unpaired) electrons. The summed E-state index contributed by atoms with van der Waals surface area (Å²) in [4.78, 5) is 12.4. The normalized spacial score (nSPS) is 61.3. The van der Waals surface area contributed by atoms with E-state index in [2.05, 4.69) is 13.8 Å². The molecule has 5 fully saturated rings. The van der Waals surface area contributed by atoms with Crippen LogP contribution in [0.1, 0.15) is 72.1 Å². The Kier molecular flexibility index (Phi) is 3.06. The molecule has 4 saturated carbocycles. The predicted octanol–water partition coefficient (Wildman–Crippen LogP) is 3.73. The highest BCUT2D eigenvalue weighted by atomic mass is 16.6. The molecular weight excluding hydrogens is 300 g/mol. The van der Waals surface area contributed by atoms with Crippen molar-refractivity contribution < 1.29 is 14.6 Å². The van der Waals surface area contributed by atoms with E-state index in [1.54, 1.807) is 6.92 Å². The van der Waals surface area contributed by atoms with E-state index in [0.29, 0.717) is 17.3 Å². The molecule has 0 spiro atoms. The topological polar surface area (TPSA) is 49.8 Å². The second-order valence-corrected chi connectivity index (χ2v) is 10.2. The van der Waals surface area contributed by atoms with Crippen molar-refractivity contribution in [2.24, 2.45) is 34.5 Å². The Morgan fingerprint density at radius 3 is 2.58 bits per heavy atom. The van der Waals surface area contributed by atoms with Gasteiger partial charge in [0.15, 0.2) is 11.4 Å². The molecule has 9 atom stereocenters. The first-order chi connectivity index (χ1) is 11.3. The Morgan fingerprint density at radius 2 is 1.83 bits per heavy atom. The van der Waals surface area contributed by atoms with Crippen molar-refractivity contribution in [2.75, 3.05) is 0 Å². The summed E-state index contributed by atoms with van der Waals surface area (Å²) in [6.45, 7) is 6.64. The van der Waals surface area contributed by atoms with E-state index in [9.17, 15) is 9.90 Å². The molecule has 0 aromatic carbocycles. The lowest BCUT2D eigenvalue weighted by atomic mass is 9.44. The number of hydrogen-bond donors (Lipinski definition) is 1. The van der Waals surface area contributed by atoms with Crippen LogP contribution in [0.5, 0.6) is 0 Å². The molecule has 5 rings (SSSR count). The molecule has 1 N–H and O–H groups in total. The lowest BCUT2D eigenvalue weighted by molar-refractivity contribution is -0.151. The van der Waals surface area contributed by atoms with Gasteiger partial charge in [-0.3, -0.25) is 4.79 Å². The van der Waals surface area contributed by atoms with E-state index in [0.717, 1.165) is 37.5 Å². The number of ether oxygens (including phenoxy) is 1. The summed E-state index contributed by atoms with van der Waals surface area (Å²) in [5.74, 6) is 3.22. The van der Waals surface area contributed by atoms with Crippen molar-refractivity contribution in [3.63, 3.8) is 0 Å². The molecule has 1 heterocycles. The fraction of sp³-hybridized carbons (Fsp3) is 0.952. The summed E-state index contributed by atoms with van der Waals surface area (Å²) < 4.78 is 6.02. The largest absolute Gasteiger partial charge is 0.393 e. The molecule has 4 aliphatic carbocycles. The average Bonchev–Trinajstić information content (AvgIpc) is 3.21. The van der Waals surface area contributed by atoms with Gasteiger partial charge < -0.3 is 9.84 Å². The first-order valence-corrected chi connectivity index (χ1v) is 10.2. The number of epoxide rings is 1. The molecular formula is C21H32O3. The van der Waals surface area contributed by atoms with Crippen LogP contribution in [0.4, 0.5) is 0 Å². The lowest BCUT2D eigenvalue weighted by Gasteiger charge is -2.61. The number of fused-ring (bicyclic) bond motifs is 7. The van der Waals surface area contributed by atoms with Crippen molar-refractivity contribution in [3.8, 4) is 0 Å². The fourth-order valence-corrected chi connectivity index (χ4v) is 8.30. The van der Waals surface area contributed by atoms with Crippen LogP contribution >= 0.6 is 0 Å². The molecule has 1 aliphatic heterocycles. The van der Waals surface area contributed by atoms with Crippen molar-refractivity contribution >= 4 is 5.78 Å². The first kappa shape index (κ1) is 15.8. The zero-order valence-electron chi connectivity index (χ0n) is 15.4. The third kappa shape index (κ3) is 1.65. The molecule has 0 aromatic rings. The number of rotatable bonds is 1. The monoisotopic (exact) mass is 332 g/mol. The lowest BCUT2D eigenvalue weighted by Crippen LogP contribution is -2.56. The number of Topliss-reactive ketones (excluding diaryl/α,β-unsaturated/α-hetero) is 1. The quantitative estimate of drug-likeness (QED) is 0.745. The van der Waals surface area contributed by atoms with Gasteiger partial charge in [0.1, 0.15) is 0 Å².